The van der Waals surface area contributed by atoms with Gasteiger partial charge in [0.25, 0.3) is 0 Å². The van der Waals surface area contributed by atoms with Crippen LogP contribution in [-0.4, -0.2) is 22.1 Å². The quantitative estimate of drug-likeness (QED) is 0.664. The number of nitrogens with zero attached hydrogens (tertiary/aromatic N) is 2. The summed E-state index contributed by atoms with van der Waals surface area (Å²) in [6.07, 6.45) is -9.60. The maximum atomic E-state index is 12.1. The Hall–Kier alpha value is -1.06. The summed E-state index contributed by atoms with van der Waals surface area (Å²) in [7, 11) is 0. The lowest BCUT2D eigenvalue weighted by molar-refractivity contribution is -0.144. The van der Waals surface area contributed by atoms with E-state index >= 15 is 0 Å². The van der Waals surface area contributed by atoms with Crippen LogP contribution in [0.5, 0.6) is 0 Å². The predicted octanol–water partition coefficient (Wildman–Crippen LogP) is 3.70. The van der Waals surface area contributed by atoms with Gasteiger partial charge in [0.15, 0.2) is 0 Å². The van der Waals surface area contributed by atoms with Crippen molar-refractivity contribution < 1.29 is 26.3 Å². The first-order chi connectivity index (χ1) is 8.18. The lowest BCUT2D eigenvalue weighted by Gasteiger charge is -2.05. The Labute approximate surface area is 102 Å². The maximum Gasteiger partial charge on any atom is 0.452 e. The summed E-state index contributed by atoms with van der Waals surface area (Å²) in [6, 6.07) is 0. The summed E-state index contributed by atoms with van der Waals surface area (Å²) in [4.78, 5) is 3.18. The molecule has 1 aromatic rings. The van der Waals surface area contributed by atoms with E-state index in [1.165, 1.54) is 0 Å². The topological polar surface area (TPSA) is 37.8 Å². The molecule has 0 spiro atoms. The number of unbranched alkanes of at least 4 members (excludes halogenated alkanes) is 1. The van der Waals surface area contributed by atoms with E-state index in [9.17, 15) is 26.3 Å². The fourth-order valence-corrected chi connectivity index (χ4v) is 1.67. The third-order valence-corrected chi connectivity index (χ3v) is 2.52. The zero-order valence-electron chi connectivity index (χ0n) is 8.90. The van der Waals surface area contributed by atoms with Crippen molar-refractivity contribution in [1.29, 1.82) is 0 Å². The number of halogens is 6. The van der Waals surface area contributed by atoms with Crippen LogP contribution in [0.25, 0.3) is 0 Å². The Morgan fingerprint density at radius 1 is 1.06 bits per heavy atom. The van der Waals surface area contributed by atoms with Crippen molar-refractivity contribution in [2.75, 3.05) is 11.9 Å². The third kappa shape index (κ3) is 5.52. The van der Waals surface area contributed by atoms with Gasteiger partial charge in [0, 0.05) is 24.5 Å². The van der Waals surface area contributed by atoms with Crippen LogP contribution in [0.2, 0.25) is 0 Å². The van der Waals surface area contributed by atoms with E-state index in [2.05, 4.69) is 14.7 Å². The average molecular weight is 293 g/mol. The van der Waals surface area contributed by atoms with Crippen molar-refractivity contribution in [2.24, 2.45) is 0 Å². The van der Waals surface area contributed by atoms with Crippen LogP contribution in [0, 0.1) is 0 Å². The largest absolute Gasteiger partial charge is 0.452 e. The number of alkyl halides is 6. The van der Waals surface area contributed by atoms with E-state index in [1.807, 2.05) is 0 Å². The zero-order valence-corrected chi connectivity index (χ0v) is 9.72. The zero-order chi connectivity index (χ0) is 13.8. The van der Waals surface area contributed by atoms with E-state index < -0.39 is 24.6 Å². The molecule has 104 valence electrons. The average Bonchev–Trinajstić information content (AvgIpc) is 2.63. The van der Waals surface area contributed by atoms with Crippen molar-refractivity contribution in [3.8, 4) is 0 Å². The van der Waals surface area contributed by atoms with Gasteiger partial charge in [-0.2, -0.15) is 35.7 Å². The second-order valence-corrected chi connectivity index (χ2v) is 4.17. The van der Waals surface area contributed by atoms with Crippen LogP contribution in [0.15, 0.2) is 0 Å². The second kappa shape index (κ2) is 5.72. The van der Waals surface area contributed by atoms with E-state index in [4.69, 9.17) is 0 Å². The molecule has 0 bridgehead atoms. The van der Waals surface area contributed by atoms with E-state index in [-0.39, 0.29) is 24.5 Å². The molecule has 0 atom stereocenters. The fourth-order valence-electron chi connectivity index (χ4n) is 1.06. The molecular weight excluding hydrogens is 284 g/mol. The van der Waals surface area contributed by atoms with Crippen LogP contribution in [-0.2, 0) is 6.18 Å². The molecule has 0 aliphatic rings. The van der Waals surface area contributed by atoms with Crippen molar-refractivity contribution in [3.05, 3.63) is 5.82 Å². The van der Waals surface area contributed by atoms with E-state index in [0.717, 1.165) is 0 Å². The summed E-state index contributed by atoms with van der Waals surface area (Å²) in [5, 5.41) is 2.45. The van der Waals surface area contributed by atoms with Gasteiger partial charge in [-0.3, -0.25) is 0 Å². The highest BCUT2D eigenvalue weighted by molar-refractivity contribution is 7.09. The Bertz CT molecular complexity index is 372. The molecule has 0 amide bonds. The number of hydrogen-bond acceptors (Lipinski definition) is 4. The van der Waals surface area contributed by atoms with Gasteiger partial charge in [0.2, 0.25) is 11.0 Å². The number of aromatic nitrogens is 2. The van der Waals surface area contributed by atoms with Gasteiger partial charge in [-0.1, -0.05) is 0 Å². The van der Waals surface area contributed by atoms with Gasteiger partial charge in [0.1, 0.15) is 0 Å². The highest BCUT2D eigenvalue weighted by Gasteiger charge is 2.36. The first-order valence-electron chi connectivity index (χ1n) is 4.90. The summed E-state index contributed by atoms with van der Waals surface area (Å²) in [5.41, 5.74) is 0. The van der Waals surface area contributed by atoms with Gasteiger partial charge in [0.05, 0.1) is 0 Å². The van der Waals surface area contributed by atoms with Crippen LogP contribution in [0.1, 0.15) is 25.1 Å². The standard InChI is InChI=1S/C8H9F6N3S/c9-7(10,11)3-1-2-4-15-6-16-5(17-18-6)8(12,13)14/h1-4H2,(H,15,16,17). The minimum atomic E-state index is -4.60. The molecule has 3 nitrogen and oxygen atoms in total. The molecule has 10 heteroatoms. The lowest BCUT2D eigenvalue weighted by Crippen LogP contribution is -2.09. The first-order valence-corrected chi connectivity index (χ1v) is 5.67. The molecule has 1 heterocycles. The van der Waals surface area contributed by atoms with Crippen molar-refractivity contribution >= 4 is 16.7 Å². The summed E-state index contributed by atoms with van der Waals surface area (Å²) >= 11 is 0.526. The van der Waals surface area contributed by atoms with Gasteiger partial charge >= 0.3 is 12.4 Å². The Morgan fingerprint density at radius 2 is 1.72 bits per heavy atom. The summed E-state index contributed by atoms with van der Waals surface area (Å²) in [6.45, 7) is 0.128. The molecule has 18 heavy (non-hydrogen) atoms. The molecule has 0 saturated carbocycles. The van der Waals surface area contributed by atoms with Crippen LogP contribution in [0.4, 0.5) is 31.5 Å². The molecule has 0 aliphatic heterocycles. The highest BCUT2D eigenvalue weighted by atomic mass is 32.1. The molecule has 1 aromatic heterocycles. The Balaban J connectivity index is 2.26. The Morgan fingerprint density at radius 3 is 2.22 bits per heavy atom. The molecule has 1 N–H and O–H groups in total. The monoisotopic (exact) mass is 293 g/mol. The van der Waals surface area contributed by atoms with Crippen molar-refractivity contribution in [1.82, 2.24) is 9.36 Å². The fraction of sp³-hybridized carbons (Fsp3) is 0.750. The van der Waals surface area contributed by atoms with Crippen molar-refractivity contribution in [2.45, 2.75) is 31.6 Å². The number of rotatable bonds is 5. The highest BCUT2D eigenvalue weighted by Crippen LogP contribution is 2.29. The third-order valence-electron chi connectivity index (χ3n) is 1.84. The normalized spacial score (nSPS) is 12.8. The van der Waals surface area contributed by atoms with Gasteiger partial charge < -0.3 is 5.32 Å². The Kier molecular flexibility index (Phi) is 4.77. The van der Waals surface area contributed by atoms with Crippen LogP contribution < -0.4 is 5.32 Å². The number of anilines is 1. The molecule has 0 radical (unpaired) electrons. The van der Waals surface area contributed by atoms with Crippen molar-refractivity contribution in [3.63, 3.8) is 0 Å². The first kappa shape index (κ1) is 15.0. The summed E-state index contributed by atoms with van der Waals surface area (Å²) in [5.74, 6) is -1.25. The summed E-state index contributed by atoms with van der Waals surface area (Å²) < 4.78 is 74.7. The minimum Gasteiger partial charge on any atom is -0.360 e. The van der Waals surface area contributed by atoms with Gasteiger partial charge in [-0.15, -0.1) is 0 Å². The minimum absolute atomic E-state index is 0.0469. The van der Waals surface area contributed by atoms with Gasteiger partial charge in [-0.05, 0) is 12.8 Å². The number of hydrogen-bond donors (Lipinski definition) is 1. The molecular formula is C8H9F6N3S. The molecule has 0 aliphatic carbocycles. The maximum absolute atomic E-state index is 12.1. The second-order valence-electron chi connectivity index (χ2n) is 3.42. The van der Waals surface area contributed by atoms with E-state index in [1.54, 1.807) is 0 Å². The van der Waals surface area contributed by atoms with E-state index in [0.29, 0.717) is 11.5 Å². The molecule has 0 saturated heterocycles. The van der Waals surface area contributed by atoms with Crippen LogP contribution in [0.3, 0.4) is 0 Å². The van der Waals surface area contributed by atoms with Gasteiger partial charge in [-0.25, -0.2) is 0 Å². The smallest absolute Gasteiger partial charge is 0.360 e. The molecule has 0 aromatic carbocycles. The molecule has 0 unspecified atom stereocenters. The lowest BCUT2D eigenvalue weighted by atomic mass is 10.2. The molecule has 0 fully saturated rings. The SMILES string of the molecule is FC(F)(F)CCCCNc1nc(C(F)(F)F)ns1. The molecule has 1 rings (SSSR count). The number of nitrogens with one attached hydrogen (secondary N) is 1. The van der Waals surface area contributed by atoms with Crippen LogP contribution >= 0.6 is 11.5 Å². The predicted molar refractivity (Wildman–Crippen MR) is 53.3 cm³/mol.